The maximum absolute atomic E-state index is 12.5. The minimum Gasteiger partial charge on any atom is -0.481 e. The number of hydrogen-bond donors (Lipinski definition) is 2. The molecule has 1 aromatic carbocycles. The van der Waals surface area contributed by atoms with Gasteiger partial charge in [-0.25, -0.2) is 0 Å². The van der Waals surface area contributed by atoms with Crippen LogP contribution in [0.2, 0.25) is 0 Å². The van der Waals surface area contributed by atoms with Crippen LogP contribution in [0, 0.1) is 0 Å². The number of anilines is 1. The fourth-order valence-electron chi connectivity index (χ4n) is 2.72. The molecule has 1 atom stereocenters. The summed E-state index contributed by atoms with van der Waals surface area (Å²) in [5.74, 6) is -1.35. The molecule has 1 aliphatic heterocycles. The molecule has 0 aliphatic carbocycles. The molecule has 1 aliphatic rings. The first kappa shape index (κ1) is 19.4. The summed E-state index contributed by atoms with van der Waals surface area (Å²) in [5.41, 5.74) is 0.712. The number of aromatic nitrogens is 1. The third kappa shape index (κ3) is 3.45. The number of carbonyl (C=O) groups is 2. The van der Waals surface area contributed by atoms with E-state index in [1.165, 1.54) is 0 Å². The Morgan fingerprint density at radius 3 is 2.38 bits per heavy atom. The highest BCUT2D eigenvalue weighted by Crippen LogP contribution is 2.44. The number of nitrogens with one attached hydrogen (secondary N) is 1. The standard InChI is InChI=1S/C15H12N2O3.2C2H6/c18-13(19)8-15(10-4-3-7-16-9-10)11-5-1-2-6-12(11)17-14(15)20;2*1-2/h1-7,9H,8H2,(H,17,20)(H,18,19);2*1-2H3. The van der Waals surface area contributed by atoms with Gasteiger partial charge in [-0.1, -0.05) is 52.0 Å². The zero-order valence-electron chi connectivity index (χ0n) is 14.5. The number of rotatable bonds is 3. The van der Waals surface area contributed by atoms with Crippen molar-refractivity contribution in [2.24, 2.45) is 0 Å². The fourth-order valence-corrected chi connectivity index (χ4v) is 2.72. The number of pyridine rings is 1. The molecule has 5 nitrogen and oxygen atoms in total. The van der Waals surface area contributed by atoms with Crippen LogP contribution in [-0.4, -0.2) is 22.0 Å². The van der Waals surface area contributed by atoms with Crippen molar-refractivity contribution in [1.82, 2.24) is 4.98 Å². The molecule has 0 fully saturated rings. The lowest BCUT2D eigenvalue weighted by Crippen LogP contribution is -2.38. The number of fused-ring (bicyclic) bond motifs is 1. The highest BCUT2D eigenvalue weighted by Gasteiger charge is 2.49. The zero-order chi connectivity index (χ0) is 18.2. The molecule has 1 aromatic heterocycles. The lowest BCUT2D eigenvalue weighted by Gasteiger charge is -2.25. The van der Waals surface area contributed by atoms with Gasteiger partial charge in [-0.2, -0.15) is 0 Å². The van der Waals surface area contributed by atoms with E-state index in [9.17, 15) is 14.7 Å². The minimum atomic E-state index is -1.21. The van der Waals surface area contributed by atoms with Crippen molar-refractivity contribution in [2.45, 2.75) is 39.5 Å². The predicted molar refractivity (Wildman–Crippen MR) is 95.0 cm³/mol. The van der Waals surface area contributed by atoms with Gasteiger partial charge in [0.25, 0.3) is 0 Å². The Kier molecular flexibility index (Phi) is 7.11. The van der Waals surface area contributed by atoms with E-state index in [-0.39, 0.29) is 12.3 Å². The summed E-state index contributed by atoms with van der Waals surface area (Å²) >= 11 is 0. The second kappa shape index (κ2) is 8.82. The normalized spacial score (nSPS) is 17.4. The summed E-state index contributed by atoms with van der Waals surface area (Å²) in [7, 11) is 0. The number of carbonyl (C=O) groups excluding carboxylic acids is 1. The number of carboxylic acids is 1. The molecule has 24 heavy (non-hydrogen) atoms. The highest BCUT2D eigenvalue weighted by molar-refractivity contribution is 6.10. The molecule has 1 amide bonds. The summed E-state index contributed by atoms with van der Waals surface area (Å²) < 4.78 is 0. The van der Waals surface area contributed by atoms with Gasteiger partial charge in [0.2, 0.25) is 5.91 Å². The van der Waals surface area contributed by atoms with E-state index < -0.39 is 11.4 Å². The smallest absolute Gasteiger partial charge is 0.305 e. The second-order valence-corrected chi connectivity index (χ2v) is 4.72. The van der Waals surface area contributed by atoms with Gasteiger partial charge < -0.3 is 10.4 Å². The Morgan fingerprint density at radius 2 is 1.79 bits per heavy atom. The van der Waals surface area contributed by atoms with E-state index in [0.717, 1.165) is 0 Å². The number of para-hydroxylation sites is 1. The monoisotopic (exact) mass is 328 g/mol. The van der Waals surface area contributed by atoms with Crippen molar-refractivity contribution in [3.05, 3.63) is 59.9 Å². The average molecular weight is 328 g/mol. The molecule has 1 unspecified atom stereocenters. The number of benzene rings is 1. The van der Waals surface area contributed by atoms with E-state index in [1.54, 1.807) is 48.8 Å². The number of hydrogen-bond acceptors (Lipinski definition) is 3. The van der Waals surface area contributed by atoms with Crippen LogP contribution in [0.4, 0.5) is 5.69 Å². The fraction of sp³-hybridized carbons (Fsp3) is 0.316. The summed E-state index contributed by atoms with van der Waals surface area (Å²) in [4.78, 5) is 27.8. The summed E-state index contributed by atoms with van der Waals surface area (Å²) in [6.07, 6.45) is 2.84. The van der Waals surface area contributed by atoms with Crippen LogP contribution in [0.1, 0.15) is 45.2 Å². The molecule has 0 bridgehead atoms. The lowest BCUT2D eigenvalue weighted by atomic mass is 9.73. The maximum Gasteiger partial charge on any atom is 0.305 e. The Bertz CT molecular complexity index is 686. The molecule has 2 heterocycles. The van der Waals surface area contributed by atoms with Crippen LogP contribution < -0.4 is 5.32 Å². The second-order valence-electron chi connectivity index (χ2n) is 4.72. The summed E-state index contributed by atoms with van der Waals surface area (Å²) in [6, 6.07) is 10.6. The quantitative estimate of drug-likeness (QED) is 0.897. The van der Waals surface area contributed by atoms with Gasteiger partial charge in [0.05, 0.1) is 6.42 Å². The van der Waals surface area contributed by atoms with E-state index in [1.807, 2.05) is 27.7 Å². The molecule has 5 heteroatoms. The largest absolute Gasteiger partial charge is 0.481 e. The Hall–Kier alpha value is -2.69. The molecule has 128 valence electrons. The van der Waals surface area contributed by atoms with Gasteiger partial charge in [0, 0.05) is 18.1 Å². The van der Waals surface area contributed by atoms with Gasteiger partial charge >= 0.3 is 5.97 Å². The molecule has 0 radical (unpaired) electrons. The van der Waals surface area contributed by atoms with Crippen LogP contribution in [-0.2, 0) is 15.0 Å². The molecule has 0 saturated heterocycles. The first-order valence-corrected chi connectivity index (χ1v) is 8.18. The molecule has 2 N–H and O–H groups in total. The maximum atomic E-state index is 12.5. The van der Waals surface area contributed by atoms with E-state index in [0.29, 0.717) is 16.8 Å². The topological polar surface area (TPSA) is 79.3 Å². The Balaban J connectivity index is 0.000000671. The van der Waals surface area contributed by atoms with E-state index in [4.69, 9.17) is 0 Å². The van der Waals surface area contributed by atoms with Gasteiger partial charge in [-0.3, -0.25) is 14.6 Å². The van der Waals surface area contributed by atoms with Gasteiger partial charge in [-0.05, 0) is 23.3 Å². The minimum absolute atomic E-state index is 0.304. The Labute approximate surface area is 142 Å². The van der Waals surface area contributed by atoms with Gasteiger partial charge in [0.1, 0.15) is 5.41 Å². The predicted octanol–water partition coefficient (Wildman–Crippen LogP) is 3.85. The summed E-state index contributed by atoms with van der Waals surface area (Å²) in [6.45, 7) is 8.00. The SMILES string of the molecule is CC.CC.O=C(O)CC1(c2cccnc2)C(=O)Nc2ccccc21. The number of nitrogens with zero attached hydrogens (tertiary/aromatic N) is 1. The third-order valence-corrected chi connectivity index (χ3v) is 3.59. The number of aliphatic carboxylic acids is 1. The first-order chi connectivity index (χ1) is 11.6. The van der Waals surface area contributed by atoms with Crippen molar-refractivity contribution in [1.29, 1.82) is 0 Å². The van der Waals surface area contributed by atoms with E-state index in [2.05, 4.69) is 10.3 Å². The van der Waals surface area contributed by atoms with Crippen molar-refractivity contribution >= 4 is 17.6 Å². The Morgan fingerprint density at radius 1 is 1.12 bits per heavy atom. The van der Waals surface area contributed by atoms with Crippen LogP contribution in [0.25, 0.3) is 0 Å². The number of amides is 1. The van der Waals surface area contributed by atoms with Crippen molar-refractivity contribution in [3.63, 3.8) is 0 Å². The van der Waals surface area contributed by atoms with Crippen molar-refractivity contribution in [3.8, 4) is 0 Å². The molecular weight excluding hydrogens is 304 g/mol. The van der Waals surface area contributed by atoms with Gasteiger partial charge in [0.15, 0.2) is 0 Å². The average Bonchev–Trinajstić information content (AvgIpc) is 2.91. The summed E-state index contributed by atoms with van der Waals surface area (Å²) in [5, 5.41) is 12.0. The van der Waals surface area contributed by atoms with Gasteiger partial charge in [-0.15, -0.1) is 0 Å². The zero-order valence-corrected chi connectivity index (χ0v) is 14.5. The molecule has 0 spiro atoms. The molecule has 3 rings (SSSR count). The number of carboxylic acid groups (broad SMARTS) is 1. The van der Waals surface area contributed by atoms with E-state index >= 15 is 0 Å². The van der Waals surface area contributed by atoms with Crippen LogP contribution in [0.3, 0.4) is 0 Å². The molecular formula is C19H24N2O3. The van der Waals surface area contributed by atoms with Crippen molar-refractivity contribution < 1.29 is 14.7 Å². The van der Waals surface area contributed by atoms with Crippen LogP contribution in [0.15, 0.2) is 48.8 Å². The third-order valence-electron chi connectivity index (χ3n) is 3.59. The molecule has 0 saturated carbocycles. The van der Waals surface area contributed by atoms with Crippen LogP contribution in [0.5, 0.6) is 0 Å². The lowest BCUT2D eigenvalue weighted by molar-refractivity contribution is -0.140. The first-order valence-electron chi connectivity index (χ1n) is 8.18. The highest BCUT2D eigenvalue weighted by atomic mass is 16.4. The van der Waals surface area contributed by atoms with Crippen molar-refractivity contribution in [2.75, 3.05) is 5.32 Å². The van der Waals surface area contributed by atoms with Crippen LogP contribution >= 0.6 is 0 Å². The molecule has 2 aromatic rings.